The number of carbonyl (C=O) groups is 1. The van der Waals surface area contributed by atoms with Crippen molar-refractivity contribution in [3.63, 3.8) is 0 Å². The largest absolute Gasteiger partial charge is 0.479 e. The highest BCUT2D eigenvalue weighted by atomic mass is 35.5. The van der Waals surface area contributed by atoms with Gasteiger partial charge in [-0.3, -0.25) is 0 Å². The van der Waals surface area contributed by atoms with Crippen molar-refractivity contribution in [1.29, 1.82) is 5.26 Å². The molecule has 0 atom stereocenters. The molecule has 7 heteroatoms. The third-order valence-corrected chi connectivity index (χ3v) is 3.79. The summed E-state index contributed by atoms with van der Waals surface area (Å²) in [5.41, 5.74) is 1.31. The zero-order chi connectivity index (χ0) is 17.8. The van der Waals surface area contributed by atoms with Crippen LogP contribution in [0, 0.1) is 11.3 Å². The Labute approximate surface area is 153 Å². The number of benzene rings is 2. The van der Waals surface area contributed by atoms with Crippen molar-refractivity contribution >= 4 is 41.1 Å². The third-order valence-electron chi connectivity index (χ3n) is 3.25. The van der Waals surface area contributed by atoms with E-state index in [2.05, 4.69) is 4.99 Å². The molecule has 0 bridgehead atoms. The molecule has 0 aromatic heterocycles. The van der Waals surface area contributed by atoms with Crippen molar-refractivity contribution < 1.29 is 14.3 Å². The van der Waals surface area contributed by atoms with E-state index in [9.17, 15) is 4.79 Å². The number of esters is 1. The first-order chi connectivity index (χ1) is 12.1. The van der Waals surface area contributed by atoms with Crippen LogP contribution in [0.3, 0.4) is 0 Å². The molecule has 1 heterocycles. The molecule has 25 heavy (non-hydrogen) atoms. The van der Waals surface area contributed by atoms with Crippen LogP contribution in [0.25, 0.3) is 6.08 Å². The van der Waals surface area contributed by atoms with Gasteiger partial charge in [-0.05, 0) is 42.0 Å². The number of rotatable bonds is 4. The number of hydrogen-bond acceptors (Lipinski definition) is 5. The molecule has 0 unspecified atom stereocenters. The van der Waals surface area contributed by atoms with E-state index in [0.29, 0.717) is 26.9 Å². The molecule has 2 aromatic rings. The van der Waals surface area contributed by atoms with Gasteiger partial charge in [0.1, 0.15) is 11.8 Å². The maximum absolute atomic E-state index is 12.0. The lowest BCUT2D eigenvalue weighted by molar-refractivity contribution is -0.129. The molecule has 0 saturated heterocycles. The van der Waals surface area contributed by atoms with Gasteiger partial charge in [0.05, 0.1) is 10.6 Å². The lowest BCUT2D eigenvalue weighted by Gasteiger charge is -2.02. The van der Waals surface area contributed by atoms with Crippen LogP contribution < -0.4 is 4.74 Å². The molecule has 0 amide bonds. The summed E-state index contributed by atoms with van der Waals surface area (Å²) in [5.74, 6) is 0.0615. The van der Waals surface area contributed by atoms with Crippen LogP contribution in [0.2, 0.25) is 10.0 Å². The van der Waals surface area contributed by atoms with Gasteiger partial charge in [-0.2, -0.15) is 5.26 Å². The van der Waals surface area contributed by atoms with Gasteiger partial charge >= 0.3 is 5.97 Å². The van der Waals surface area contributed by atoms with Crippen molar-refractivity contribution in [2.45, 2.75) is 0 Å². The fourth-order valence-electron chi connectivity index (χ4n) is 2.15. The predicted molar refractivity (Wildman–Crippen MR) is 94.6 cm³/mol. The molecule has 1 aliphatic rings. The third kappa shape index (κ3) is 4.00. The summed E-state index contributed by atoms with van der Waals surface area (Å²) in [6, 6.07) is 13.7. The summed E-state index contributed by atoms with van der Waals surface area (Å²) in [5, 5.41) is 9.37. The molecule has 0 N–H and O–H groups in total. The molecular weight excluding hydrogens is 363 g/mol. The number of cyclic esters (lactones) is 1. The fourth-order valence-corrected chi connectivity index (χ4v) is 2.64. The van der Waals surface area contributed by atoms with E-state index in [1.165, 1.54) is 0 Å². The second-order valence-corrected chi connectivity index (χ2v) is 5.82. The van der Waals surface area contributed by atoms with Gasteiger partial charge in [0.15, 0.2) is 12.3 Å². The van der Waals surface area contributed by atoms with Gasteiger partial charge in [-0.1, -0.05) is 35.3 Å². The minimum atomic E-state index is -0.579. The monoisotopic (exact) mass is 372 g/mol. The Bertz CT molecular complexity index is 946. The number of nitrogens with zero attached hydrogens (tertiary/aromatic N) is 2. The van der Waals surface area contributed by atoms with E-state index in [-0.39, 0.29) is 18.2 Å². The van der Waals surface area contributed by atoms with Gasteiger partial charge in [-0.25, -0.2) is 9.79 Å². The van der Waals surface area contributed by atoms with Crippen molar-refractivity contribution in [1.82, 2.24) is 0 Å². The van der Waals surface area contributed by atoms with E-state index in [0.717, 1.165) is 0 Å². The van der Waals surface area contributed by atoms with Crippen LogP contribution in [-0.2, 0) is 9.53 Å². The second kappa shape index (κ2) is 7.39. The molecular formula is C18H10Cl2N2O3. The summed E-state index contributed by atoms with van der Waals surface area (Å²) < 4.78 is 10.4. The van der Waals surface area contributed by atoms with Gasteiger partial charge in [0.2, 0.25) is 5.90 Å². The van der Waals surface area contributed by atoms with Crippen molar-refractivity contribution in [2.24, 2.45) is 4.99 Å². The topological polar surface area (TPSA) is 71.7 Å². The molecule has 3 rings (SSSR count). The minimum absolute atomic E-state index is 0.0561. The highest BCUT2D eigenvalue weighted by Crippen LogP contribution is 2.26. The van der Waals surface area contributed by atoms with Crippen LogP contribution >= 0.6 is 23.2 Å². The molecule has 0 fully saturated rings. The Balaban J connectivity index is 1.90. The van der Waals surface area contributed by atoms with Crippen LogP contribution in [0.1, 0.15) is 11.1 Å². The summed E-state index contributed by atoms with van der Waals surface area (Å²) in [7, 11) is 0. The average molecular weight is 373 g/mol. The molecule has 0 aliphatic carbocycles. The highest BCUT2D eigenvalue weighted by molar-refractivity contribution is 6.37. The van der Waals surface area contributed by atoms with Crippen molar-refractivity contribution in [2.75, 3.05) is 6.61 Å². The number of halogens is 2. The Kier molecular flexibility index (Phi) is 5.03. The van der Waals surface area contributed by atoms with E-state index in [1.807, 2.05) is 6.07 Å². The molecule has 0 spiro atoms. The summed E-state index contributed by atoms with van der Waals surface area (Å²) in [6.45, 7) is -0.0561. The zero-order valence-electron chi connectivity index (χ0n) is 12.7. The van der Waals surface area contributed by atoms with Crippen LogP contribution in [0.4, 0.5) is 0 Å². The van der Waals surface area contributed by atoms with Crippen molar-refractivity contribution in [3.05, 3.63) is 69.3 Å². The average Bonchev–Trinajstić information content (AvgIpc) is 2.93. The number of carbonyl (C=O) groups excluding carboxylic acids is 1. The van der Waals surface area contributed by atoms with Crippen molar-refractivity contribution in [3.8, 4) is 11.8 Å². The summed E-state index contributed by atoms with van der Waals surface area (Å²) in [6.07, 6.45) is 1.57. The van der Waals surface area contributed by atoms with Gasteiger partial charge in [-0.15, -0.1) is 0 Å². The molecule has 124 valence electrons. The van der Waals surface area contributed by atoms with Gasteiger partial charge < -0.3 is 9.47 Å². The molecule has 1 aliphatic heterocycles. The SMILES string of the molecule is N#CCOc1cccc(C=C2N=C(c3ccc(Cl)cc3Cl)OC2=O)c1. The van der Waals surface area contributed by atoms with Gasteiger partial charge in [0, 0.05) is 5.02 Å². The van der Waals surface area contributed by atoms with Crippen LogP contribution in [-0.4, -0.2) is 18.5 Å². The lowest BCUT2D eigenvalue weighted by atomic mass is 10.2. The van der Waals surface area contributed by atoms with E-state index in [4.69, 9.17) is 37.9 Å². The minimum Gasteiger partial charge on any atom is -0.479 e. The zero-order valence-corrected chi connectivity index (χ0v) is 14.2. The van der Waals surface area contributed by atoms with E-state index >= 15 is 0 Å². The smallest absolute Gasteiger partial charge is 0.363 e. The number of aliphatic imine (C=N–C) groups is 1. The normalized spacial score (nSPS) is 14.8. The maximum Gasteiger partial charge on any atom is 0.363 e. The maximum atomic E-state index is 12.0. The van der Waals surface area contributed by atoms with E-state index in [1.54, 1.807) is 48.5 Å². The summed E-state index contributed by atoms with van der Waals surface area (Å²) in [4.78, 5) is 16.3. The number of ether oxygens (including phenoxy) is 2. The Morgan fingerprint density at radius 2 is 2.08 bits per heavy atom. The lowest BCUT2D eigenvalue weighted by Crippen LogP contribution is -2.05. The first-order valence-electron chi connectivity index (χ1n) is 7.14. The highest BCUT2D eigenvalue weighted by Gasteiger charge is 2.25. The molecule has 0 radical (unpaired) electrons. The Morgan fingerprint density at radius 3 is 2.84 bits per heavy atom. The molecule has 0 saturated carbocycles. The standard InChI is InChI=1S/C18H10Cl2N2O3/c19-12-4-5-14(15(20)10-12)17-22-16(18(23)25-17)9-11-2-1-3-13(8-11)24-7-6-21/h1-5,8-10H,7H2. The van der Waals surface area contributed by atoms with Crippen LogP contribution in [0.15, 0.2) is 53.2 Å². The van der Waals surface area contributed by atoms with Gasteiger partial charge in [0.25, 0.3) is 0 Å². The Morgan fingerprint density at radius 1 is 1.24 bits per heavy atom. The molecule has 2 aromatic carbocycles. The van der Waals surface area contributed by atoms with Crippen LogP contribution in [0.5, 0.6) is 5.75 Å². The first-order valence-corrected chi connectivity index (χ1v) is 7.90. The first kappa shape index (κ1) is 17.0. The Hall–Kier alpha value is -2.81. The summed E-state index contributed by atoms with van der Waals surface area (Å²) >= 11 is 12.0. The van der Waals surface area contributed by atoms with E-state index < -0.39 is 5.97 Å². The number of hydrogen-bond donors (Lipinski definition) is 0. The predicted octanol–water partition coefficient (Wildman–Crippen LogP) is 4.24. The molecule has 5 nitrogen and oxygen atoms in total. The number of nitriles is 1. The quantitative estimate of drug-likeness (QED) is 0.594. The second-order valence-electron chi connectivity index (χ2n) is 4.98. The fraction of sp³-hybridized carbons (Fsp3) is 0.0556.